The number of rotatable bonds is 5. The van der Waals surface area contributed by atoms with Crippen molar-refractivity contribution in [3.05, 3.63) is 61.4 Å². The van der Waals surface area contributed by atoms with Gasteiger partial charge in [-0.1, -0.05) is 29.3 Å². The number of thiophene rings is 1. The topological polar surface area (TPSA) is 95.2 Å². The lowest BCUT2D eigenvalue weighted by molar-refractivity contribution is -0.132. The summed E-state index contributed by atoms with van der Waals surface area (Å²) in [4.78, 5) is 45.4. The minimum absolute atomic E-state index is 0.0952. The molecule has 0 fully saturated rings. The Morgan fingerprint density at radius 2 is 2.07 bits per heavy atom. The van der Waals surface area contributed by atoms with Crippen LogP contribution in [-0.2, 0) is 11.3 Å². The number of amides is 2. The highest BCUT2D eigenvalue weighted by Gasteiger charge is 2.22. The summed E-state index contributed by atoms with van der Waals surface area (Å²) in [5, 5.41) is 4.76. The van der Waals surface area contributed by atoms with E-state index in [2.05, 4.69) is 15.3 Å². The summed E-state index contributed by atoms with van der Waals surface area (Å²) in [6.07, 6.45) is 0. The smallest absolute Gasteiger partial charge is 0.268 e. The van der Waals surface area contributed by atoms with Gasteiger partial charge in [0.05, 0.1) is 27.7 Å². The molecule has 0 aliphatic heterocycles. The summed E-state index contributed by atoms with van der Waals surface area (Å²) < 4.78 is 0.539. The van der Waals surface area contributed by atoms with E-state index in [1.54, 1.807) is 37.6 Å². The van der Waals surface area contributed by atoms with Crippen LogP contribution in [0.4, 0.5) is 0 Å². The Morgan fingerprint density at radius 3 is 2.82 bits per heavy atom. The molecule has 7 nitrogen and oxygen atoms in total. The van der Waals surface area contributed by atoms with Crippen molar-refractivity contribution in [3.8, 4) is 0 Å². The molecule has 1 aromatic carbocycles. The maximum atomic E-state index is 12.6. The molecule has 146 valence electrons. The molecule has 28 heavy (non-hydrogen) atoms. The van der Waals surface area contributed by atoms with Gasteiger partial charge in [0.2, 0.25) is 5.91 Å². The van der Waals surface area contributed by atoms with Crippen LogP contribution in [0.2, 0.25) is 10.0 Å². The first-order valence-electron chi connectivity index (χ1n) is 8.24. The maximum absolute atomic E-state index is 12.6. The highest BCUT2D eigenvalue weighted by molar-refractivity contribution is 7.17. The molecule has 1 unspecified atom stereocenters. The molecule has 2 heterocycles. The summed E-state index contributed by atoms with van der Waals surface area (Å²) >= 11 is 13.3. The lowest BCUT2D eigenvalue weighted by atomic mass is 10.2. The first-order chi connectivity index (χ1) is 13.3. The Balaban J connectivity index is 1.68. The van der Waals surface area contributed by atoms with Crippen LogP contribution in [-0.4, -0.2) is 39.8 Å². The molecule has 0 spiro atoms. The normalized spacial score (nSPS) is 12.0. The number of nitrogens with zero attached hydrogens (tertiary/aromatic N) is 2. The van der Waals surface area contributed by atoms with E-state index in [0.29, 0.717) is 16.0 Å². The first-order valence-corrected chi connectivity index (χ1v) is 9.87. The van der Waals surface area contributed by atoms with Gasteiger partial charge in [-0.3, -0.25) is 14.4 Å². The average molecular weight is 439 g/mol. The number of carbonyl (C=O) groups excluding carboxylic acids is 2. The van der Waals surface area contributed by atoms with Crippen molar-refractivity contribution in [2.45, 2.75) is 19.5 Å². The van der Waals surface area contributed by atoms with E-state index in [4.69, 9.17) is 23.2 Å². The second-order valence-corrected chi connectivity index (χ2v) is 7.84. The fourth-order valence-electron chi connectivity index (χ4n) is 2.64. The van der Waals surface area contributed by atoms with E-state index in [1.807, 2.05) is 0 Å². The van der Waals surface area contributed by atoms with E-state index in [-0.39, 0.29) is 33.6 Å². The van der Waals surface area contributed by atoms with Gasteiger partial charge < -0.3 is 15.2 Å². The van der Waals surface area contributed by atoms with E-state index < -0.39 is 11.9 Å². The van der Waals surface area contributed by atoms with E-state index in [0.717, 1.165) is 0 Å². The zero-order valence-corrected chi connectivity index (χ0v) is 17.3. The quantitative estimate of drug-likeness (QED) is 0.639. The third-order valence-electron chi connectivity index (χ3n) is 4.04. The Kier molecular flexibility index (Phi) is 6.02. The Bertz CT molecular complexity index is 1110. The summed E-state index contributed by atoms with van der Waals surface area (Å²) in [5.74, 6) is -0.490. The van der Waals surface area contributed by atoms with Gasteiger partial charge in [0.15, 0.2) is 0 Å². The van der Waals surface area contributed by atoms with Gasteiger partial charge in [-0.2, -0.15) is 0 Å². The molecule has 1 atom stereocenters. The zero-order chi connectivity index (χ0) is 20.4. The second-order valence-electron chi connectivity index (χ2n) is 6.14. The van der Waals surface area contributed by atoms with Crippen LogP contribution in [0.15, 0.2) is 34.4 Å². The van der Waals surface area contributed by atoms with Crippen molar-refractivity contribution in [2.75, 3.05) is 7.05 Å². The highest BCUT2D eigenvalue weighted by Crippen LogP contribution is 2.25. The molecule has 0 radical (unpaired) electrons. The fraction of sp³-hybridized carbons (Fsp3) is 0.222. The Labute approximate surface area is 174 Å². The number of carbonyl (C=O) groups is 2. The van der Waals surface area contributed by atoms with Gasteiger partial charge >= 0.3 is 0 Å². The fourth-order valence-corrected chi connectivity index (χ4v) is 3.76. The summed E-state index contributed by atoms with van der Waals surface area (Å²) in [6.45, 7) is 1.66. The molecule has 0 saturated heterocycles. The monoisotopic (exact) mass is 438 g/mol. The van der Waals surface area contributed by atoms with E-state index in [1.165, 1.54) is 22.3 Å². The van der Waals surface area contributed by atoms with Crippen LogP contribution in [0.3, 0.4) is 0 Å². The van der Waals surface area contributed by atoms with Crippen molar-refractivity contribution in [1.82, 2.24) is 20.2 Å². The Hall–Kier alpha value is -2.42. The van der Waals surface area contributed by atoms with Gasteiger partial charge in [0.25, 0.3) is 11.5 Å². The van der Waals surface area contributed by atoms with Gasteiger partial charge in [0.1, 0.15) is 16.6 Å². The molecule has 3 aromatic rings. The highest BCUT2D eigenvalue weighted by atomic mass is 35.5. The van der Waals surface area contributed by atoms with Gasteiger partial charge in [-0.25, -0.2) is 4.98 Å². The third-order valence-corrected chi connectivity index (χ3v) is 5.76. The maximum Gasteiger partial charge on any atom is 0.268 e. The molecule has 0 aliphatic carbocycles. The molecule has 10 heteroatoms. The lowest BCUT2D eigenvalue weighted by Gasteiger charge is -2.22. The summed E-state index contributed by atoms with van der Waals surface area (Å²) in [6, 6.07) is 5.63. The largest absolute Gasteiger partial charge is 0.340 e. The van der Waals surface area contributed by atoms with Crippen molar-refractivity contribution in [1.29, 1.82) is 0 Å². The van der Waals surface area contributed by atoms with Crippen molar-refractivity contribution in [3.63, 3.8) is 0 Å². The third kappa shape index (κ3) is 4.19. The second kappa shape index (κ2) is 8.30. The molecule has 2 amide bonds. The Morgan fingerprint density at radius 1 is 1.32 bits per heavy atom. The molecule has 0 bridgehead atoms. The molecule has 3 rings (SSSR count). The van der Waals surface area contributed by atoms with Crippen molar-refractivity contribution in [2.24, 2.45) is 0 Å². The average Bonchev–Trinajstić information content (AvgIpc) is 3.12. The number of H-pyrrole nitrogens is 1. The molecular weight excluding hydrogens is 423 g/mol. The predicted octanol–water partition coefficient (Wildman–Crippen LogP) is 3.07. The number of likely N-dealkylation sites (N-methyl/N-ethyl adjacent to an activating group) is 1. The number of hydrogen-bond acceptors (Lipinski definition) is 5. The molecule has 0 aliphatic rings. The SMILES string of the molecule is CC(NC(=O)c1cccc(Cl)c1Cl)C(=O)N(C)Cc1nc2ccsc2c(=O)[nH]1. The number of benzene rings is 1. The molecular formula is C18H16Cl2N4O3S. The number of nitrogens with one attached hydrogen (secondary N) is 2. The first kappa shape index (κ1) is 20.3. The lowest BCUT2D eigenvalue weighted by Crippen LogP contribution is -2.45. The number of halogens is 2. The molecule has 2 aromatic heterocycles. The van der Waals surface area contributed by atoms with Gasteiger partial charge in [-0.15, -0.1) is 11.3 Å². The van der Waals surface area contributed by atoms with E-state index in [9.17, 15) is 14.4 Å². The minimum atomic E-state index is -0.816. The van der Waals surface area contributed by atoms with Crippen LogP contribution in [0.5, 0.6) is 0 Å². The zero-order valence-electron chi connectivity index (χ0n) is 15.0. The predicted molar refractivity (Wildman–Crippen MR) is 110 cm³/mol. The molecule has 2 N–H and O–H groups in total. The van der Waals surface area contributed by atoms with Crippen LogP contribution in [0.25, 0.3) is 10.2 Å². The molecule has 0 saturated carbocycles. The van der Waals surface area contributed by atoms with Crippen LogP contribution in [0.1, 0.15) is 23.1 Å². The standard InChI is InChI=1S/C18H16Cl2N4O3S/c1-9(21-16(25)10-4-3-5-11(19)14(10)20)18(27)24(2)8-13-22-12-6-7-28-15(12)17(26)23-13/h3-7,9H,8H2,1-2H3,(H,21,25)(H,22,23,26). The van der Waals surface area contributed by atoms with Crippen LogP contribution in [0, 0.1) is 0 Å². The number of fused-ring (bicyclic) bond motifs is 1. The minimum Gasteiger partial charge on any atom is -0.340 e. The van der Waals surface area contributed by atoms with Crippen molar-refractivity contribution < 1.29 is 9.59 Å². The summed E-state index contributed by atoms with van der Waals surface area (Å²) in [7, 11) is 1.56. The number of aromatic nitrogens is 2. The van der Waals surface area contributed by atoms with Crippen LogP contribution >= 0.6 is 34.5 Å². The number of aromatic amines is 1. The van der Waals surface area contributed by atoms with Crippen molar-refractivity contribution >= 4 is 56.6 Å². The van der Waals surface area contributed by atoms with Gasteiger partial charge in [-0.05, 0) is 30.5 Å². The van der Waals surface area contributed by atoms with Crippen LogP contribution < -0.4 is 10.9 Å². The summed E-state index contributed by atoms with van der Waals surface area (Å²) in [5.41, 5.74) is 0.528. The van der Waals surface area contributed by atoms with Gasteiger partial charge in [0, 0.05) is 7.05 Å². The number of hydrogen-bond donors (Lipinski definition) is 2. The van der Waals surface area contributed by atoms with E-state index >= 15 is 0 Å².